The molecule has 4 nitrogen and oxygen atoms in total. The van der Waals surface area contributed by atoms with Crippen LogP contribution in [-0.4, -0.2) is 5.91 Å². The Kier molecular flexibility index (Phi) is 4.24. The molecule has 94 valence electrons. The van der Waals surface area contributed by atoms with Crippen LogP contribution < -0.4 is 17.0 Å². The van der Waals surface area contributed by atoms with E-state index in [4.69, 9.17) is 11.6 Å². The molecule has 0 aliphatic carbocycles. The van der Waals surface area contributed by atoms with Gasteiger partial charge < -0.3 is 5.73 Å². The molecule has 0 bridgehead atoms. The van der Waals surface area contributed by atoms with Crippen LogP contribution in [0.25, 0.3) is 0 Å². The molecule has 0 spiro atoms. The first-order chi connectivity index (χ1) is 8.69. The molecule has 1 amide bonds. The second kappa shape index (κ2) is 5.90. The van der Waals surface area contributed by atoms with Crippen LogP contribution >= 0.6 is 23.1 Å². The molecule has 0 atom stereocenters. The number of carbonyl (C=O) groups is 1. The number of thioether (sulfide) groups is 1. The van der Waals surface area contributed by atoms with Gasteiger partial charge in [-0.3, -0.25) is 10.2 Å². The second-order valence-electron chi connectivity index (χ2n) is 3.60. The third-order valence-corrected chi connectivity index (χ3v) is 4.61. The Balaban J connectivity index is 1.96. The number of anilines is 1. The molecule has 5 N–H and O–H groups in total. The molecule has 18 heavy (non-hydrogen) atoms. The standard InChI is InChI=1S/C12H13N3OS2/c13-8-1-3-9(4-2-8)17-7-10-5-6-11(18-10)12(16)15-14/h1-6H,7,13-14H2,(H,15,16). The van der Waals surface area contributed by atoms with Crippen molar-refractivity contribution in [2.75, 3.05) is 5.73 Å². The number of hydrazine groups is 1. The fourth-order valence-electron chi connectivity index (χ4n) is 1.37. The van der Waals surface area contributed by atoms with Crippen molar-refractivity contribution in [3.8, 4) is 0 Å². The van der Waals surface area contributed by atoms with Crippen molar-refractivity contribution in [2.45, 2.75) is 10.6 Å². The lowest BCUT2D eigenvalue weighted by Crippen LogP contribution is -2.29. The first kappa shape index (κ1) is 12.9. The third kappa shape index (κ3) is 3.25. The lowest BCUT2D eigenvalue weighted by molar-refractivity contribution is 0.0957. The molecule has 0 saturated carbocycles. The van der Waals surface area contributed by atoms with Gasteiger partial charge in [0, 0.05) is 21.2 Å². The molecule has 2 rings (SSSR count). The summed E-state index contributed by atoms with van der Waals surface area (Å²) in [4.78, 5) is 14.2. The molecule has 0 radical (unpaired) electrons. The van der Waals surface area contributed by atoms with Crippen molar-refractivity contribution in [3.63, 3.8) is 0 Å². The van der Waals surface area contributed by atoms with Gasteiger partial charge in [-0.25, -0.2) is 5.84 Å². The minimum Gasteiger partial charge on any atom is -0.399 e. The lowest BCUT2D eigenvalue weighted by Gasteiger charge is -2.00. The molecule has 2 aromatic rings. The van der Waals surface area contributed by atoms with Crippen LogP contribution in [0.3, 0.4) is 0 Å². The maximum atomic E-state index is 11.3. The van der Waals surface area contributed by atoms with Crippen LogP contribution in [0.1, 0.15) is 14.5 Å². The lowest BCUT2D eigenvalue weighted by atomic mass is 10.3. The molecule has 0 fully saturated rings. The fraction of sp³-hybridized carbons (Fsp3) is 0.0833. The van der Waals surface area contributed by atoms with Crippen molar-refractivity contribution < 1.29 is 4.79 Å². The van der Waals surface area contributed by atoms with Gasteiger partial charge in [-0.05, 0) is 36.4 Å². The number of nitrogens with two attached hydrogens (primary N) is 2. The smallest absolute Gasteiger partial charge is 0.275 e. The van der Waals surface area contributed by atoms with E-state index in [1.807, 2.05) is 30.3 Å². The van der Waals surface area contributed by atoms with Crippen LogP contribution in [0.2, 0.25) is 0 Å². The highest BCUT2D eigenvalue weighted by Crippen LogP contribution is 2.27. The van der Waals surface area contributed by atoms with Gasteiger partial charge in [-0.1, -0.05) is 0 Å². The summed E-state index contributed by atoms with van der Waals surface area (Å²) < 4.78 is 0. The Labute approximate surface area is 113 Å². The highest BCUT2D eigenvalue weighted by atomic mass is 32.2. The number of rotatable bonds is 4. The van der Waals surface area contributed by atoms with Gasteiger partial charge in [0.2, 0.25) is 0 Å². The Morgan fingerprint density at radius 2 is 1.94 bits per heavy atom. The molecular formula is C12H13N3OS2. The largest absolute Gasteiger partial charge is 0.399 e. The van der Waals surface area contributed by atoms with E-state index in [-0.39, 0.29) is 5.91 Å². The van der Waals surface area contributed by atoms with Gasteiger partial charge in [0.05, 0.1) is 4.88 Å². The van der Waals surface area contributed by atoms with Crippen molar-refractivity contribution >= 4 is 34.7 Å². The summed E-state index contributed by atoms with van der Waals surface area (Å²) in [6.45, 7) is 0. The SMILES string of the molecule is NNC(=O)c1ccc(CSc2ccc(N)cc2)s1. The summed E-state index contributed by atoms with van der Waals surface area (Å²) in [6.07, 6.45) is 0. The van der Waals surface area contributed by atoms with Gasteiger partial charge in [0.15, 0.2) is 0 Å². The Hall–Kier alpha value is -1.50. The van der Waals surface area contributed by atoms with Gasteiger partial charge in [-0.2, -0.15) is 0 Å². The monoisotopic (exact) mass is 279 g/mol. The number of hydrogen-bond donors (Lipinski definition) is 3. The molecule has 1 aromatic carbocycles. The maximum absolute atomic E-state index is 11.3. The van der Waals surface area contributed by atoms with Crippen molar-refractivity contribution in [1.29, 1.82) is 0 Å². The predicted octanol–water partition coefficient (Wildman–Crippen LogP) is 2.23. The summed E-state index contributed by atoms with van der Waals surface area (Å²) in [5.41, 5.74) is 8.51. The Bertz CT molecular complexity index is 537. The molecule has 0 unspecified atom stereocenters. The van der Waals surface area contributed by atoms with E-state index in [0.717, 1.165) is 21.2 Å². The third-order valence-electron chi connectivity index (χ3n) is 2.28. The summed E-state index contributed by atoms with van der Waals surface area (Å²) in [6, 6.07) is 11.5. The van der Waals surface area contributed by atoms with Crippen LogP contribution in [-0.2, 0) is 5.75 Å². The number of nitrogen functional groups attached to an aromatic ring is 2. The van der Waals surface area contributed by atoms with Crippen molar-refractivity contribution in [3.05, 3.63) is 46.2 Å². The topological polar surface area (TPSA) is 81.1 Å². The number of benzene rings is 1. The van der Waals surface area contributed by atoms with Crippen LogP contribution in [0.4, 0.5) is 5.69 Å². The van der Waals surface area contributed by atoms with Crippen LogP contribution in [0, 0.1) is 0 Å². The summed E-state index contributed by atoms with van der Waals surface area (Å²) in [7, 11) is 0. The minimum absolute atomic E-state index is 0.247. The number of amides is 1. The van der Waals surface area contributed by atoms with E-state index < -0.39 is 0 Å². The molecule has 0 aliphatic heterocycles. The second-order valence-corrected chi connectivity index (χ2v) is 5.81. The minimum atomic E-state index is -0.247. The molecule has 6 heteroatoms. The molecule has 0 saturated heterocycles. The predicted molar refractivity (Wildman–Crippen MR) is 76.4 cm³/mol. The average molecular weight is 279 g/mol. The maximum Gasteiger partial charge on any atom is 0.275 e. The van der Waals surface area contributed by atoms with Gasteiger partial charge in [0.1, 0.15) is 0 Å². The molecule has 0 aliphatic rings. The fourth-order valence-corrected chi connectivity index (χ4v) is 3.22. The number of thiophene rings is 1. The first-order valence-corrected chi connectivity index (χ1v) is 7.07. The van der Waals surface area contributed by atoms with Crippen molar-refractivity contribution in [1.82, 2.24) is 5.43 Å². The van der Waals surface area contributed by atoms with Gasteiger partial charge in [-0.15, -0.1) is 23.1 Å². The summed E-state index contributed by atoms with van der Waals surface area (Å²) in [5, 5.41) is 0. The number of hydrogen-bond acceptors (Lipinski definition) is 5. The van der Waals surface area contributed by atoms with Gasteiger partial charge in [0.25, 0.3) is 5.91 Å². The van der Waals surface area contributed by atoms with E-state index in [1.54, 1.807) is 17.8 Å². The van der Waals surface area contributed by atoms with E-state index in [1.165, 1.54) is 11.3 Å². The van der Waals surface area contributed by atoms with E-state index in [2.05, 4.69) is 5.43 Å². The number of nitrogens with one attached hydrogen (secondary N) is 1. The van der Waals surface area contributed by atoms with Crippen molar-refractivity contribution in [2.24, 2.45) is 5.84 Å². The zero-order valence-corrected chi connectivity index (χ0v) is 11.2. The number of carbonyl (C=O) groups excluding carboxylic acids is 1. The van der Waals surface area contributed by atoms with E-state index >= 15 is 0 Å². The van der Waals surface area contributed by atoms with Gasteiger partial charge >= 0.3 is 0 Å². The quantitative estimate of drug-likeness (QED) is 0.263. The zero-order valence-electron chi connectivity index (χ0n) is 9.55. The first-order valence-electron chi connectivity index (χ1n) is 5.27. The Morgan fingerprint density at radius 1 is 1.22 bits per heavy atom. The zero-order chi connectivity index (χ0) is 13.0. The normalized spacial score (nSPS) is 10.3. The Morgan fingerprint density at radius 3 is 2.61 bits per heavy atom. The van der Waals surface area contributed by atoms with E-state index in [9.17, 15) is 4.79 Å². The average Bonchev–Trinajstić information content (AvgIpc) is 2.86. The molecule has 1 heterocycles. The summed E-state index contributed by atoms with van der Waals surface area (Å²) >= 11 is 3.16. The highest BCUT2D eigenvalue weighted by molar-refractivity contribution is 7.98. The van der Waals surface area contributed by atoms with Crippen LogP contribution in [0.5, 0.6) is 0 Å². The van der Waals surface area contributed by atoms with E-state index in [0.29, 0.717) is 4.88 Å². The molecular weight excluding hydrogens is 266 g/mol. The van der Waals surface area contributed by atoms with Crippen LogP contribution in [0.15, 0.2) is 41.3 Å². The highest BCUT2D eigenvalue weighted by Gasteiger charge is 2.07. The summed E-state index contributed by atoms with van der Waals surface area (Å²) in [5.74, 6) is 5.66. The molecule has 1 aromatic heterocycles.